The smallest absolute Gasteiger partial charge is 0.338 e. The maximum Gasteiger partial charge on any atom is 0.338 e. The van der Waals surface area contributed by atoms with Gasteiger partial charge in [0.2, 0.25) is 0 Å². The number of ether oxygens (including phenoxy) is 3. The third kappa shape index (κ3) is 5.84. The molecule has 4 rings (SSSR count). The molecule has 1 aromatic heterocycles. The molecule has 0 fully saturated rings. The van der Waals surface area contributed by atoms with Gasteiger partial charge in [-0.15, -0.1) is 0 Å². The van der Waals surface area contributed by atoms with Crippen LogP contribution in [0, 0.1) is 0 Å². The van der Waals surface area contributed by atoms with Crippen LogP contribution in [0.1, 0.15) is 58.7 Å². The summed E-state index contributed by atoms with van der Waals surface area (Å²) >= 11 is 1.30. The highest BCUT2D eigenvalue weighted by Gasteiger charge is 2.34. The summed E-state index contributed by atoms with van der Waals surface area (Å²) in [6.07, 6.45) is 1.83. The quantitative estimate of drug-likeness (QED) is 0.339. The zero-order chi connectivity index (χ0) is 29.0. The van der Waals surface area contributed by atoms with E-state index in [0.29, 0.717) is 37.7 Å². The fourth-order valence-electron chi connectivity index (χ4n) is 4.83. The molecule has 0 unspecified atom stereocenters. The van der Waals surface area contributed by atoms with E-state index in [0.717, 1.165) is 24.3 Å². The second-order valence-corrected chi connectivity index (χ2v) is 10.7. The number of thiazole rings is 1. The number of allylic oxidation sites excluding steroid dienone is 1. The van der Waals surface area contributed by atoms with E-state index in [1.165, 1.54) is 11.3 Å². The van der Waals surface area contributed by atoms with Crippen molar-refractivity contribution in [3.63, 3.8) is 0 Å². The lowest BCUT2D eigenvalue weighted by Gasteiger charge is -2.25. The summed E-state index contributed by atoms with van der Waals surface area (Å²) in [4.78, 5) is 34.6. The second-order valence-electron chi connectivity index (χ2n) is 9.64. The van der Waals surface area contributed by atoms with Gasteiger partial charge >= 0.3 is 5.97 Å². The first kappa shape index (κ1) is 29.1. The minimum Gasteiger partial charge on any atom is -0.493 e. The first-order chi connectivity index (χ1) is 19.2. The molecule has 0 radical (unpaired) electrons. The zero-order valence-electron chi connectivity index (χ0n) is 24.2. The maximum atomic E-state index is 13.9. The summed E-state index contributed by atoms with van der Waals surface area (Å²) in [5, 5.41) is 0. The Morgan fingerprint density at radius 1 is 1.10 bits per heavy atom. The Kier molecular flexibility index (Phi) is 9.14. The van der Waals surface area contributed by atoms with Crippen LogP contribution in [0.4, 0.5) is 5.69 Å². The number of carbonyl (C=O) groups excluding carboxylic acids is 1. The molecule has 0 saturated heterocycles. The number of aromatic nitrogens is 1. The molecule has 8 nitrogen and oxygen atoms in total. The topological polar surface area (TPSA) is 82.4 Å². The van der Waals surface area contributed by atoms with Crippen LogP contribution in [0.2, 0.25) is 0 Å². The fourth-order valence-corrected chi connectivity index (χ4v) is 5.88. The lowest BCUT2D eigenvalue weighted by molar-refractivity contribution is -0.139. The zero-order valence-corrected chi connectivity index (χ0v) is 25.0. The Morgan fingerprint density at radius 2 is 1.80 bits per heavy atom. The van der Waals surface area contributed by atoms with Crippen molar-refractivity contribution in [1.29, 1.82) is 0 Å². The monoisotopic (exact) mass is 563 g/mol. The fraction of sp³-hybridized carbons (Fsp3) is 0.387. The molecule has 0 bridgehead atoms. The van der Waals surface area contributed by atoms with E-state index in [9.17, 15) is 9.59 Å². The van der Waals surface area contributed by atoms with E-state index < -0.39 is 12.0 Å². The lowest BCUT2D eigenvalue weighted by atomic mass is 9.95. The van der Waals surface area contributed by atoms with Crippen LogP contribution in [-0.2, 0) is 9.53 Å². The molecule has 1 aliphatic heterocycles. The molecule has 0 aliphatic carbocycles. The number of hydrogen-bond donors (Lipinski definition) is 0. The number of hydrogen-bond acceptors (Lipinski definition) is 8. The van der Waals surface area contributed by atoms with Crippen LogP contribution in [0.25, 0.3) is 6.08 Å². The first-order valence-corrected chi connectivity index (χ1v) is 14.4. The van der Waals surface area contributed by atoms with Crippen molar-refractivity contribution >= 4 is 29.1 Å². The van der Waals surface area contributed by atoms with Gasteiger partial charge in [-0.25, -0.2) is 9.79 Å². The number of methoxy groups -OCH3 is 1. The minimum atomic E-state index is -0.732. The van der Waals surface area contributed by atoms with Crippen LogP contribution >= 0.6 is 11.3 Å². The third-order valence-corrected chi connectivity index (χ3v) is 7.69. The summed E-state index contributed by atoms with van der Waals surface area (Å²) in [5.41, 5.74) is 3.36. The summed E-state index contributed by atoms with van der Waals surface area (Å²) in [5.74, 6) is 0.594. The van der Waals surface area contributed by atoms with Gasteiger partial charge in [0.05, 0.1) is 41.7 Å². The molecule has 0 N–H and O–H groups in total. The van der Waals surface area contributed by atoms with Crippen LogP contribution in [0.15, 0.2) is 63.5 Å². The van der Waals surface area contributed by atoms with Crippen molar-refractivity contribution in [3.05, 3.63) is 84.5 Å². The summed E-state index contributed by atoms with van der Waals surface area (Å²) < 4.78 is 19.0. The molecule has 0 amide bonds. The van der Waals surface area contributed by atoms with Crippen molar-refractivity contribution in [2.45, 2.75) is 53.7 Å². The molecule has 0 saturated carbocycles. The van der Waals surface area contributed by atoms with Gasteiger partial charge in [-0.2, -0.15) is 0 Å². The highest BCUT2D eigenvalue weighted by atomic mass is 32.1. The second kappa shape index (κ2) is 12.6. The number of nitrogens with zero attached hydrogens (tertiary/aromatic N) is 3. The molecule has 1 aliphatic rings. The summed E-state index contributed by atoms with van der Waals surface area (Å²) in [7, 11) is 1.57. The molecule has 2 aromatic carbocycles. The Balaban J connectivity index is 1.87. The van der Waals surface area contributed by atoms with Gasteiger partial charge in [0.15, 0.2) is 16.3 Å². The predicted octanol–water partition coefficient (Wildman–Crippen LogP) is 4.44. The van der Waals surface area contributed by atoms with E-state index in [4.69, 9.17) is 14.2 Å². The van der Waals surface area contributed by atoms with Gasteiger partial charge in [0.25, 0.3) is 5.56 Å². The van der Waals surface area contributed by atoms with Crippen molar-refractivity contribution < 1.29 is 19.0 Å². The number of esters is 1. The Morgan fingerprint density at radius 3 is 2.40 bits per heavy atom. The van der Waals surface area contributed by atoms with E-state index in [2.05, 4.69) is 35.9 Å². The van der Waals surface area contributed by atoms with Crippen LogP contribution in [0.3, 0.4) is 0 Å². The molecular weight excluding hydrogens is 526 g/mol. The van der Waals surface area contributed by atoms with Crippen LogP contribution < -0.4 is 29.3 Å². The van der Waals surface area contributed by atoms with Gasteiger partial charge < -0.3 is 19.1 Å². The van der Waals surface area contributed by atoms with Gasteiger partial charge in [-0.1, -0.05) is 29.5 Å². The third-order valence-electron chi connectivity index (χ3n) is 6.70. The largest absolute Gasteiger partial charge is 0.493 e. The van der Waals surface area contributed by atoms with Gasteiger partial charge in [-0.05, 0) is 83.0 Å². The van der Waals surface area contributed by atoms with Crippen molar-refractivity contribution in [2.75, 3.05) is 31.7 Å². The molecule has 40 heavy (non-hydrogen) atoms. The standard InChI is InChI=1S/C31H37N3O5S/c1-8-33(9-2)23-14-11-21(12-15-23)17-26-29(35)34-28(22-13-16-24(39-19(4)5)25(18-22)37-7)27(30(36)38-10-3)20(6)32-31(34)40-26/h11-19,28H,8-10H2,1-7H3/b26-17-/t28-/m1/s1. The SMILES string of the molecule is CCOC(=O)C1=C(C)N=c2s/c(=C\c3ccc(N(CC)CC)cc3)c(=O)n2[C@@H]1c1ccc(OC(C)C)c(OC)c1. The molecule has 9 heteroatoms. The first-order valence-electron chi connectivity index (χ1n) is 13.6. The Labute approximate surface area is 238 Å². The van der Waals surface area contributed by atoms with E-state index in [1.54, 1.807) is 31.6 Å². The minimum absolute atomic E-state index is 0.0456. The Hall–Kier alpha value is -3.85. The number of rotatable bonds is 10. The number of benzene rings is 2. The Bertz CT molecular complexity index is 1580. The number of fused-ring (bicyclic) bond motifs is 1. The van der Waals surface area contributed by atoms with E-state index >= 15 is 0 Å². The van der Waals surface area contributed by atoms with Gasteiger partial charge in [-0.3, -0.25) is 9.36 Å². The highest BCUT2D eigenvalue weighted by Crippen LogP contribution is 2.36. The molecule has 3 aromatic rings. The molecule has 212 valence electrons. The molecular formula is C31H37N3O5S. The van der Waals surface area contributed by atoms with Crippen molar-refractivity contribution in [2.24, 2.45) is 4.99 Å². The number of carbonyl (C=O) groups is 1. The molecule has 0 spiro atoms. The van der Waals surface area contributed by atoms with Crippen LogP contribution in [0.5, 0.6) is 11.5 Å². The lowest BCUT2D eigenvalue weighted by Crippen LogP contribution is -2.40. The summed E-state index contributed by atoms with van der Waals surface area (Å²) in [6.45, 7) is 13.7. The summed E-state index contributed by atoms with van der Waals surface area (Å²) in [6, 6.07) is 12.9. The van der Waals surface area contributed by atoms with Gasteiger partial charge in [0.1, 0.15) is 0 Å². The van der Waals surface area contributed by atoms with Crippen molar-refractivity contribution in [1.82, 2.24) is 4.57 Å². The van der Waals surface area contributed by atoms with Crippen molar-refractivity contribution in [3.8, 4) is 11.5 Å². The molecule has 1 atom stereocenters. The van der Waals surface area contributed by atoms with Gasteiger partial charge in [0, 0.05) is 18.8 Å². The van der Waals surface area contributed by atoms with Crippen LogP contribution in [-0.4, -0.2) is 43.4 Å². The maximum absolute atomic E-state index is 13.9. The molecule has 2 heterocycles. The normalized spacial score (nSPS) is 15.1. The van der Waals surface area contributed by atoms with E-state index in [1.807, 2.05) is 44.2 Å². The number of anilines is 1. The average Bonchev–Trinajstić information content (AvgIpc) is 3.23. The average molecular weight is 564 g/mol. The highest BCUT2D eigenvalue weighted by molar-refractivity contribution is 7.07. The van der Waals surface area contributed by atoms with E-state index in [-0.39, 0.29) is 18.3 Å². The predicted molar refractivity (Wildman–Crippen MR) is 159 cm³/mol.